The van der Waals surface area contributed by atoms with E-state index in [9.17, 15) is 22.0 Å². The van der Waals surface area contributed by atoms with Gasteiger partial charge in [0.1, 0.15) is 17.3 Å². The Labute approximate surface area is 196 Å². The molecule has 176 valence electrons. The highest BCUT2D eigenvalue weighted by molar-refractivity contribution is 7.92. The van der Waals surface area contributed by atoms with Crippen molar-refractivity contribution in [2.45, 2.75) is 19.3 Å². The fraction of sp³-hybridized carbons (Fsp3) is 0.160. The van der Waals surface area contributed by atoms with Gasteiger partial charge in [0.05, 0.1) is 11.9 Å². The third-order valence-electron chi connectivity index (χ3n) is 5.62. The normalized spacial score (nSPS) is 12.0. The van der Waals surface area contributed by atoms with Gasteiger partial charge in [0, 0.05) is 28.1 Å². The van der Waals surface area contributed by atoms with Crippen molar-refractivity contribution < 1.29 is 22.0 Å². The van der Waals surface area contributed by atoms with E-state index in [1.807, 2.05) is 19.9 Å². The van der Waals surface area contributed by atoms with Crippen molar-refractivity contribution in [1.82, 2.24) is 4.98 Å². The summed E-state index contributed by atoms with van der Waals surface area (Å²) in [6.07, 6.45) is 1.06. The van der Waals surface area contributed by atoms with Crippen molar-refractivity contribution in [3.63, 3.8) is 0 Å². The van der Waals surface area contributed by atoms with Gasteiger partial charge in [-0.15, -0.1) is 0 Å². The standard InChI is InChI=1S/C25H23F2N3O3S/c1-25(2,20-10-8-17(26)13-21(20)27)16-5-4-6-18(12-16)28-24(31)23-11-15-7-9-19(14-22(15)29-23)30-34(3,32)33/h4-14,29-30H,1-3H3,(H,28,31). The Balaban J connectivity index is 1.58. The van der Waals surface area contributed by atoms with Gasteiger partial charge in [0.25, 0.3) is 5.91 Å². The van der Waals surface area contributed by atoms with Gasteiger partial charge in [-0.05, 0) is 47.5 Å². The van der Waals surface area contributed by atoms with E-state index in [-0.39, 0.29) is 0 Å². The molecule has 0 unspecified atom stereocenters. The number of halogens is 2. The molecule has 1 heterocycles. The quantitative estimate of drug-likeness (QED) is 0.343. The number of carbonyl (C=O) groups excluding carboxylic acids is 1. The molecule has 0 bridgehead atoms. The van der Waals surface area contributed by atoms with Crippen molar-refractivity contribution in [3.05, 3.63) is 95.2 Å². The predicted molar refractivity (Wildman–Crippen MR) is 130 cm³/mol. The first-order valence-corrected chi connectivity index (χ1v) is 12.3. The van der Waals surface area contributed by atoms with Crippen molar-refractivity contribution in [3.8, 4) is 0 Å². The highest BCUT2D eigenvalue weighted by Gasteiger charge is 2.27. The summed E-state index contributed by atoms with van der Waals surface area (Å²) < 4.78 is 53.1. The van der Waals surface area contributed by atoms with Crippen molar-refractivity contribution in [2.24, 2.45) is 0 Å². The van der Waals surface area contributed by atoms with Crippen molar-refractivity contribution in [2.75, 3.05) is 16.3 Å². The Hall–Kier alpha value is -3.72. The van der Waals surface area contributed by atoms with Gasteiger partial charge in [-0.3, -0.25) is 9.52 Å². The first-order chi connectivity index (χ1) is 15.9. The van der Waals surface area contributed by atoms with Gasteiger partial charge in [-0.1, -0.05) is 38.1 Å². The number of aromatic nitrogens is 1. The van der Waals surface area contributed by atoms with Crippen LogP contribution in [0.4, 0.5) is 20.2 Å². The monoisotopic (exact) mass is 483 g/mol. The number of aromatic amines is 1. The molecule has 34 heavy (non-hydrogen) atoms. The van der Waals surface area contributed by atoms with Crippen LogP contribution in [0.15, 0.2) is 66.7 Å². The first-order valence-electron chi connectivity index (χ1n) is 10.4. The molecule has 0 saturated heterocycles. The Morgan fingerprint density at radius 3 is 2.41 bits per heavy atom. The second-order valence-electron chi connectivity index (χ2n) is 8.64. The van der Waals surface area contributed by atoms with E-state index in [4.69, 9.17) is 0 Å². The number of H-pyrrole nitrogens is 1. The number of nitrogens with one attached hydrogen (secondary N) is 3. The molecule has 0 fully saturated rings. The molecule has 0 aliphatic carbocycles. The summed E-state index contributed by atoms with van der Waals surface area (Å²) in [4.78, 5) is 15.9. The molecule has 0 spiro atoms. The van der Waals surface area contributed by atoms with Crippen LogP contribution in [0.5, 0.6) is 0 Å². The molecule has 4 rings (SSSR count). The lowest BCUT2D eigenvalue weighted by atomic mass is 9.77. The number of amides is 1. The number of carbonyl (C=O) groups is 1. The van der Waals surface area contributed by atoms with Crippen LogP contribution in [0.1, 0.15) is 35.5 Å². The minimum absolute atomic E-state index is 0.292. The number of benzene rings is 3. The van der Waals surface area contributed by atoms with Crippen LogP contribution in [0.3, 0.4) is 0 Å². The third-order valence-corrected chi connectivity index (χ3v) is 6.22. The Bertz CT molecular complexity index is 1510. The maximum absolute atomic E-state index is 14.4. The zero-order valence-electron chi connectivity index (χ0n) is 18.7. The average molecular weight is 484 g/mol. The minimum atomic E-state index is -3.42. The van der Waals surface area contributed by atoms with E-state index in [2.05, 4.69) is 15.0 Å². The highest BCUT2D eigenvalue weighted by atomic mass is 32.2. The molecular weight excluding hydrogens is 460 g/mol. The summed E-state index contributed by atoms with van der Waals surface area (Å²) in [7, 11) is -3.42. The van der Waals surface area contributed by atoms with Crippen molar-refractivity contribution in [1.29, 1.82) is 0 Å². The second kappa shape index (κ2) is 8.57. The van der Waals surface area contributed by atoms with E-state index >= 15 is 0 Å². The SMILES string of the molecule is CC(C)(c1cccc(NC(=O)c2cc3ccc(NS(C)(=O)=O)cc3[nH]2)c1)c1ccc(F)cc1F. The zero-order chi connectivity index (χ0) is 24.7. The summed E-state index contributed by atoms with van der Waals surface area (Å²) in [5.74, 6) is -1.67. The molecule has 0 aliphatic rings. The average Bonchev–Trinajstić information content (AvgIpc) is 3.16. The van der Waals surface area contributed by atoms with Gasteiger partial charge < -0.3 is 10.3 Å². The maximum Gasteiger partial charge on any atom is 0.272 e. The van der Waals surface area contributed by atoms with E-state index < -0.39 is 33.0 Å². The number of hydrogen-bond acceptors (Lipinski definition) is 3. The Kier molecular flexibility index (Phi) is 5.91. The van der Waals surface area contributed by atoms with Crippen LogP contribution >= 0.6 is 0 Å². The number of sulfonamides is 1. The molecule has 1 aromatic heterocycles. The zero-order valence-corrected chi connectivity index (χ0v) is 19.6. The Morgan fingerprint density at radius 2 is 1.71 bits per heavy atom. The van der Waals surface area contributed by atoms with Crippen LogP contribution < -0.4 is 10.0 Å². The molecule has 3 aromatic carbocycles. The number of rotatable bonds is 6. The molecule has 9 heteroatoms. The van der Waals surface area contributed by atoms with Crippen molar-refractivity contribution >= 4 is 38.2 Å². The summed E-state index contributed by atoms with van der Waals surface area (Å²) >= 11 is 0. The smallest absolute Gasteiger partial charge is 0.272 e. The van der Waals surface area contributed by atoms with Crippen LogP contribution in [0.25, 0.3) is 10.9 Å². The molecule has 0 radical (unpaired) electrons. The lowest BCUT2D eigenvalue weighted by Gasteiger charge is -2.27. The molecular formula is C25H23F2N3O3S. The third kappa shape index (κ3) is 4.94. The summed E-state index contributed by atoms with van der Waals surface area (Å²) in [5.41, 5.74) is 2.09. The number of anilines is 2. The van der Waals surface area contributed by atoms with Gasteiger partial charge in [0.15, 0.2) is 0 Å². The number of fused-ring (bicyclic) bond motifs is 1. The first kappa shape index (κ1) is 23.4. The lowest BCUT2D eigenvalue weighted by Crippen LogP contribution is -2.21. The predicted octanol–water partition coefficient (Wildman–Crippen LogP) is 5.40. The fourth-order valence-electron chi connectivity index (χ4n) is 3.86. The summed E-state index contributed by atoms with van der Waals surface area (Å²) in [5, 5.41) is 3.57. The summed E-state index contributed by atoms with van der Waals surface area (Å²) in [6, 6.07) is 17.1. The fourth-order valence-corrected chi connectivity index (χ4v) is 4.42. The van der Waals surface area contributed by atoms with Gasteiger partial charge in [-0.25, -0.2) is 17.2 Å². The molecule has 0 saturated carbocycles. The largest absolute Gasteiger partial charge is 0.350 e. The van der Waals surface area contributed by atoms with Gasteiger partial charge in [-0.2, -0.15) is 0 Å². The highest BCUT2D eigenvalue weighted by Crippen LogP contribution is 2.34. The van der Waals surface area contributed by atoms with Crippen LogP contribution in [0, 0.1) is 11.6 Å². The van der Waals surface area contributed by atoms with Crippen LogP contribution in [-0.4, -0.2) is 25.6 Å². The molecule has 4 aromatic rings. The second-order valence-corrected chi connectivity index (χ2v) is 10.4. The van der Waals surface area contributed by atoms with E-state index in [0.717, 1.165) is 23.3 Å². The minimum Gasteiger partial charge on any atom is -0.350 e. The number of hydrogen-bond donors (Lipinski definition) is 3. The van der Waals surface area contributed by atoms with E-state index in [1.54, 1.807) is 42.5 Å². The van der Waals surface area contributed by atoms with E-state index in [0.29, 0.717) is 28.1 Å². The molecule has 3 N–H and O–H groups in total. The lowest BCUT2D eigenvalue weighted by molar-refractivity contribution is 0.102. The molecule has 6 nitrogen and oxygen atoms in total. The molecule has 1 amide bonds. The van der Waals surface area contributed by atoms with Gasteiger partial charge in [0.2, 0.25) is 10.0 Å². The molecule has 0 atom stereocenters. The molecule has 0 aliphatic heterocycles. The summed E-state index contributed by atoms with van der Waals surface area (Å²) in [6.45, 7) is 3.65. The van der Waals surface area contributed by atoms with Crippen LogP contribution in [-0.2, 0) is 15.4 Å². The maximum atomic E-state index is 14.4. The Morgan fingerprint density at radius 1 is 0.941 bits per heavy atom. The van der Waals surface area contributed by atoms with Crippen LogP contribution in [0.2, 0.25) is 0 Å². The topological polar surface area (TPSA) is 91.1 Å². The van der Waals surface area contributed by atoms with Gasteiger partial charge >= 0.3 is 0 Å². The van der Waals surface area contributed by atoms with E-state index in [1.165, 1.54) is 12.1 Å².